The maximum Gasteiger partial charge on any atom is 0.281 e. The third-order valence-corrected chi connectivity index (χ3v) is 4.28. The number of carbonyl (C=O) groups is 2. The molecule has 2 amide bonds. The molecule has 0 saturated carbocycles. The Kier molecular flexibility index (Phi) is 10.0. The second-order valence-corrected chi connectivity index (χ2v) is 6.24. The van der Waals surface area contributed by atoms with Gasteiger partial charge in [-0.2, -0.15) is 0 Å². The highest BCUT2D eigenvalue weighted by Gasteiger charge is 2.24. The number of unbranched alkanes of at least 4 members (excludes halogenated alkanes) is 3. The van der Waals surface area contributed by atoms with E-state index in [1.54, 1.807) is 6.07 Å². The molecule has 1 aliphatic rings. The quantitative estimate of drug-likeness (QED) is 0.294. The summed E-state index contributed by atoms with van der Waals surface area (Å²) in [6, 6.07) is 5.33. The minimum atomic E-state index is -0.605. The maximum atomic E-state index is 12.3. The fourth-order valence-corrected chi connectivity index (χ4v) is 2.83. The van der Waals surface area contributed by atoms with Crippen LogP contribution in [0.5, 0.6) is 5.75 Å². The Hall–Kier alpha value is -1.83. The van der Waals surface area contributed by atoms with E-state index in [1.807, 2.05) is 12.1 Å². The van der Waals surface area contributed by atoms with E-state index in [9.17, 15) is 9.59 Å². The number of carbonyl (C=O) groups excluding carboxylic acids is 2. The number of amides is 2. The van der Waals surface area contributed by atoms with Gasteiger partial charge in [-0.1, -0.05) is 32.3 Å². The average Bonchev–Trinajstić information content (AvgIpc) is 2.65. The SMILES string of the molecule is CCCCCCNC(=O)[C@@H]1Cc2ccc(OCC(=O)NO)cc2CN1.Cl. The van der Waals surface area contributed by atoms with Crippen LogP contribution in [0.4, 0.5) is 0 Å². The van der Waals surface area contributed by atoms with Crippen molar-refractivity contribution >= 4 is 24.2 Å². The summed E-state index contributed by atoms with van der Waals surface area (Å²) in [5, 5.41) is 14.7. The van der Waals surface area contributed by atoms with Crippen molar-refractivity contribution in [1.82, 2.24) is 16.1 Å². The van der Waals surface area contributed by atoms with Gasteiger partial charge in [-0.25, -0.2) is 5.48 Å². The number of hydrogen-bond acceptors (Lipinski definition) is 5. The number of halogens is 1. The van der Waals surface area contributed by atoms with Gasteiger partial charge in [-0.3, -0.25) is 14.8 Å². The van der Waals surface area contributed by atoms with Gasteiger partial charge in [-0.05, 0) is 36.1 Å². The van der Waals surface area contributed by atoms with Crippen LogP contribution in [-0.2, 0) is 22.6 Å². The second-order valence-electron chi connectivity index (χ2n) is 6.24. The number of hydrogen-bond donors (Lipinski definition) is 4. The van der Waals surface area contributed by atoms with Gasteiger partial charge in [0, 0.05) is 13.1 Å². The lowest BCUT2D eigenvalue weighted by Gasteiger charge is -2.26. The third-order valence-electron chi connectivity index (χ3n) is 4.28. The lowest BCUT2D eigenvalue weighted by Crippen LogP contribution is -2.47. The van der Waals surface area contributed by atoms with E-state index >= 15 is 0 Å². The van der Waals surface area contributed by atoms with Crippen LogP contribution >= 0.6 is 12.4 Å². The zero-order valence-electron chi connectivity index (χ0n) is 15.0. The molecular formula is C18H28ClN3O4. The number of benzene rings is 1. The molecule has 0 spiro atoms. The van der Waals surface area contributed by atoms with Gasteiger partial charge < -0.3 is 15.4 Å². The minimum Gasteiger partial charge on any atom is -0.484 e. The Bertz CT molecular complexity index is 598. The van der Waals surface area contributed by atoms with Crippen molar-refractivity contribution in [3.63, 3.8) is 0 Å². The van der Waals surface area contributed by atoms with Gasteiger partial charge in [0.1, 0.15) is 5.75 Å². The van der Waals surface area contributed by atoms with E-state index in [0.29, 0.717) is 18.7 Å². The van der Waals surface area contributed by atoms with Gasteiger partial charge in [0.05, 0.1) is 6.04 Å². The molecule has 1 aromatic rings. The molecule has 0 bridgehead atoms. The van der Waals surface area contributed by atoms with Crippen LogP contribution in [0, 0.1) is 0 Å². The summed E-state index contributed by atoms with van der Waals surface area (Å²) in [6.07, 6.45) is 5.19. The van der Waals surface area contributed by atoms with Crippen LogP contribution in [0.15, 0.2) is 18.2 Å². The fraction of sp³-hybridized carbons (Fsp3) is 0.556. The molecule has 0 unspecified atom stereocenters. The predicted octanol–water partition coefficient (Wildman–Crippen LogP) is 1.70. The summed E-state index contributed by atoms with van der Waals surface area (Å²) >= 11 is 0. The summed E-state index contributed by atoms with van der Waals surface area (Å²) in [5.74, 6) is -0.00316. The minimum absolute atomic E-state index is 0. The summed E-state index contributed by atoms with van der Waals surface area (Å²) in [7, 11) is 0. The summed E-state index contributed by atoms with van der Waals surface area (Å²) in [4.78, 5) is 23.2. The van der Waals surface area contributed by atoms with E-state index in [-0.39, 0.29) is 31.0 Å². The summed E-state index contributed by atoms with van der Waals surface area (Å²) < 4.78 is 5.31. The molecule has 0 fully saturated rings. The first kappa shape index (κ1) is 22.2. The van der Waals surface area contributed by atoms with Crippen molar-refractivity contribution in [3.05, 3.63) is 29.3 Å². The average molecular weight is 386 g/mol. The Morgan fingerprint density at radius 1 is 1.27 bits per heavy atom. The highest BCUT2D eigenvalue weighted by Crippen LogP contribution is 2.22. The number of ether oxygens (including phenoxy) is 1. The zero-order chi connectivity index (χ0) is 18.1. The topological polar surface area (TPSA) is 99.7 Å². The molecule has 8 heteroatoms. The lowest BCUT2D eigenvalue weighted by atomic mass is 9.95. The number of nitrogens with one attached hydrogen (secondary N) is 3. The highest BCUT2D eigenvalue weighted by atomic mass is 35.5. The molecule has 1 aromatic carbocycles. The standard InChI is InChI=1S/C18H27N3O4.ClH/c1-2-3-4-5-8-19-18(23)16-10-13-6-7-15(9-14(13)11-20-16)25-12-17(22)21-24;/h6-7,9,16,20,24H,2-5,8,10-12H2,1H3,(H,19,23)(H,21,22);1H/t16-;/m0./s1. The molecule has 0 aliphatic carbocycles. The summed E-state index contributed by atoms with van der Waals surface area (Å²) in [5.41, 5.74) is 3.67. The second kappa shape index (κ2) is 11.7. The van der Waals surface area contributed by atoms with Crippen LogP contribution in [0.25, 0.3) is 0 Å². The van der Waals surface area contributed by atoms with Crippen LogP contribution < -0.4 is 20.9 Å². The van der Waals surface area contributed by atoms with Crippen molar-refractivity contribution in [1.29, 1.82) is 0 Å². The molecule has 1 atom stereocenters. The Morgan fingerprint density at radius 3 is 2.81 bits per heavy atom. The predicted molar refractivity (Wildman–Crippen MR) is 101 cm³/mol. The van der Waals surface area contributed by atoms with Crippen LogP contribution in [0.1, 0.15) is 43.7 Å². The Balaban J connectivity index is 0.00000338. The molecule has 1 aliphatic heterocycles. The van der Waals surface area contributed by atoms with Crippen LogP contribution in [-0.4, -0.2) is 36.2 Å². The maximum absolute atomic E-state index is 12.3. The van der Waals surface area contributed by atoms with E-state index < -0.39 is 5.91 Å². The monoisotopic (exact) mass is 385 g/mol. The highest BCUT2D eigenvalue weighted by molar-refractivity contribution is 5.85. The molecule has 0 saturated heterocycles. The van der Waals surface area contributed by atoms with Gasteiger partial charge in [0.2, 0.25) is 5.91 Å². The van der Waals surface area contributed by atoms with Crippen molar-refractivity contribution < 1.29 is 19.5 Å². The van der Waals surface area contributed by atoms with Crippen LogP contribution in [0.2, 0.25) is 0 Å². The van der Waals surface area contributed by atoms with Gasteiger partial charge in [0.15, 0.2) is 6.61 Å². The molecular weight excluding hydrogens is 358 g/mol. The molecule has 7 nitrogen and oxygen atoms in total. The molecule has 2 rings (SSSR count). The van der Waals surface area contributed by atoms with Crippen molar-refractivity contribution in [2.75, 3.05) is 13.2 Å². The molecule has 146 valence electrons. The van der Waals surface area contributed by atoms with Crippen molar-refractivity contribution in [3.8, 4) is 5.75 Å². The number of fused-ring (bicyclic) bond motifs is 1. The molecule has 1 heterocycles. The molecule has 0 radical (unpaired) electrons. The van der Waals surface area contributed by atoms with Gasteiger partial charge >= 0.3 is 0 Å². The summed E-state index contributed by atoms with van der Waals surface area (Å²) in [6.45, 7) is 3.22. The van der Waals surface area contributed by atoms with Crippen molar-refractivity contribution in [2.45, 2.75) is 51.6 Å². The normalized spacial score (nSPS) is 15.4. The largest absolute Gasteiger partial charge is 0.484 e. The third kappa shape index (κ3) is 6.82. The van der Waals surface area contributed by atoms with Crippen molar-refractivity contribution in [2.24, 2.45) is 0 Å². The Morgan fingerprint density at radius 2 is 2.08 bits per heavy atom. The number of hydroxylamine groups is 1. The van der Waals surface area contributed by atoms with E-state index in [1.165, 1.54) is 18.3 Å². The first-order valence-corrected chi connectivity index (χ1v) is 8.82. The smallest absolute Gasteiger partial charge is 0.281 e. The molecule has 26 heavy (non-hydrogen) atoms. The van der Waals surface area contributed by atoms with E-state index in [0.717, 1.165) is 30.5 Å². The zero-order valence-corrected chi connectivity index (χ0v) is 15.9. The Labute approximate surface area is 160 Å². The van der Waals surface area contributed by atoms with Crippen LogP contribution in [0.3, 0.4) is 0 Å². The lowest BCUT2D eigenvalue weighted by molar-refractivity contribution is -0.131. The first-order chi connectivity index (χ1) is 12.1. The van der Waals surface area contributed by atoms with E-state index in [2.05, 4.69) is 17.6 Å². The van der Waals surface area contributed by atoms with Gasteiger partial charge in [-0.15, -0.1) is 12.4 Å². The molecule has 0 aromatic heterocycles. The molecule has 4 N–H and O–H groups in total. The van der Waals surface area contributed by atoms with E-state index in [4.69, 9.17) is 9.94 Å². The van der Waals surface area contributed by atoms with Gasteiger partial charge in [0.25, 0.3) is 5.91 Å². The number of rotatable bonds is 9. The fourth-order valence-electron chi connectivity index (χ4n) is 2.83. The first-order valence-electron chi connectivity index (χ1n) is 8.82.